The molecule has 0 aliphatic heterocycles. The summed E-state index contributed by atoms with van der Waals surface area (Å²) in [5.74, 6) is -3.62. The Morgan fingerprint density at radius 1 is 1.16 bits per heavy atom. The summed E-state index contributed by atoms with van der Waals surface area (Å²) in [4.78, 5) is 0. The van der Waals surface area contributed by atoms with Crippen LogP contribution in [0.1, 0.15) is 51.8 Å². The number of rotatable bonds is 4. The van der Waals surface area contributed by atoms with E-state index in [0.717, 1.165) is 13.0 Å². The maximum Gasteiger partial charge on any atom is 0.270 e. The van der Waals surface area contributed by atoms with E-state index >= 15 is 0 Å². The molecule has 0 bridgehead atoms. The molecule has 0 fully saturated rings. The number of alkyl halides is 2. The smallest absolute Gasteiger partial charge is 0.256 e. The van der Waals surface area contributed by atoms with E-state index in [-0.39, 0.29) is 16.4 Å². The van der Waals surface area contributed by atoms with Crippen molar-refractivity contribution in [2.45, 2.75) is 51.3 Å². The Morgan fingerprint density at radius 3 is 2.16 bits per heavy atom. The molecule has 5 heteroatoms. The number of halogens is 3. The second-order valence-electron chi connectivity index (χ2n) is 5.68. The van der Waals surface area contributed by atoms with E-state index in [1.807, 2.05) is 20.8 Å². The normalized spacial score (nSPS) is 14.5. The van der Waals surface area contributed by atoms with E-state index in [9.17, 15) is 13.2 Å². The van der Waals surface area contributed by atoms with Crippen molar-refractivity contribution in [2.75, 3.05) is 0 Å². The Bertz CT molecular complexity index is 435. The molecule has 19 heavy (non-hydrogen) atoms. The van der Waals surface area contributed by atoms with Crippen molar-refractivity contribution in [2.24, 2.45) is 0 Å². The maximum absolute atomic E-state index is 13.9. The standard InChI is InChI=1S/C14H20F3NS/c1-9(18-19-13(2,3)4)11-7-6-10(8-12(11)15)14(5,16)17/h6-9,18H,1-5H3/t9-/m0/s1. The summed E-state index contributed by atoms with van der Waals surface area (Å²) in [7, 11) is 0. The van der Waals surface area contributed by atoms with Gasteiger partial charge in [0.2, 0.25) is 0 Å². The zero-order valence-corrected chi connectivity index (χ0v) is 12.7. The minimum Gasteiger partial charge on any atom is -0.256 e. The monoisotopic (exact) mass is 291 g/mol. The van der Waals surface area contributed by atoms with E-state index in [0.29, 0.717) is 5.56 Å². The fraction of sp³-hybridized carbons (Fsp3) is 0.571. The van der Waals surface area contributed by atoms with Gasteiger partial charge in [-0.1, -0.05) is 24.1 Å². The van der Waals surface area contributed by atoms with Crippen LogP contribution in [0.3, 0.4) is 0 Å². The van der Waals surface area contributed by atoms with Crippen molar-refractivity contribution >= 4 is 11.9 Å². The first-order valence-corrected chi connectivity index (χ1v) is 6.93. The zero-order chi connectivity index (χ0) is 14.8. The minimum atomic E-state index is -3.02. The Kier molecular flexibility index (Phi) is 4.96. The van der Waals surface area contributed by atoms with E-state index in [1.165, 1.54) is 24.1 Å². The van der Waals surface area contributed by atoms with Crippen LogP contribution in [0.25, 0.3) is 0 Å². The lowest BCUT2D eigenvalue weighted by atomic mass is 10.0. The molecule has 0 aliphatic rings. The molecule has 1 N–H and O–H groups in total. The SMILES string of the molecule is C[C@H](NSC(C)(C)C)c1ccc(C(C)(F)F)cc1F. The average molecular weight is 291 g/mol. The van der Waals surface area contributed by atoms with Crippen molar-refractivity contribution in [3.8, 4) is 0 Å². The van der Waals surface area contributed by atoms with Gasteiger partial charge in [0, 0.05) is 28.8 Å². The molecule has 1 atom stereocenters. The topological polar surface area (TPSA) is 12.0 Å². The van der Waals surface area contributed by atoms with E-state index in [4.69, 9.17) is 0 Å². The van der Waals surface area contributed by atoms with E-state index < -0.39 is 11.7 Å². The van der Waals surface area contributed by atoms with Crippen LogP contribution in [0.15, 0.2) is 18.2 Å². The van der Waals surface area contributed by atoms with Gasteiger partial charge in [-0.3, -0.25) is 4.72 Å². The molecule has 0 aromatic heterocycles. The molecular weight excluding hydrogens is 271 g/mol. The summed E-state index contributed by atoms with van der Waals surface area (Å²) in [6, 6.07) is 3.36. The van der Waals surface area contributed by atoms with Crippen molar-refractivity contribution < 1.29 is 13.2 Å². The summed E-state index contributed by atoms with van der Waals surface area (Å²) in [6.45, 7) is 8.68. The van der Waals surface area contributed by atoms with Gasteiger partial charge in [0.1, 0.15) is 5.82 Å². The molecule has 0 radical (unpaired) electrons. The molecule has 0 heterocycles. The highest BCUT2D eigenvalue weighted by molar-refractivity contribution is 7.98. The molecular formula is C14H20F3NS. The molecule has 1 nitrogen and oxygen atoms in total. The largest absolute Gasteiger partial charge is 0.270 e. The Labute approximate surface area is 117 Å². The van der Waals surface area contributed by atoms with Gasteiger partial charge in [-0.05, 0) is 33.8 Å². The molecule has 108 valence electrons. The van der Waals surface area contributed by atoms with E-state index in [1.54, 1.807) is 6.92 Å². The first kappa shape index (κ1) is 16.4. The van der Waals surface area contributed by atoms with Gasteiger partial charge in [-0.25, -0.2) is 13.2 Å². The minimum absolute atomic E-state index is 0.00112. The number of benzene rings is 1. The fourth-order valence-electron chi connectivity index (χ4n) is 1.48. The molecule has 1 aromatic rings. The highest BCUT2D eigenvalue weighted by atomic mass is 32.2. The molecule has 1 aromatic carbocycles. The number of hydrogen-bond acceptors (Lipinski definition) is 2. The Hall–Kier alpha value is -0.680. The summed E-state index contributed by atoms with van der Waals surface area (Å²) >= 11 is 1.49. The summed E-state index contributed by atoms with van der Waals surface area (Å²) < 4.78 is 43.2. The van der Waals surface area contributed by atoms with Crippen molar-refractivity contribution in [3.63, 3.8) is 0 Å². The molecule has 0 unspecified atom stereocenters. The van der Waals surface area contributed by atoms with Crippen LogP contribution >= 0.6 is 11.9 Å². The quantitative estimate of drug-likeness (QED) is 0.780. The lowest BCUT2D eigenvalue weighted by Crippen LogP contribution is -2.20. The number of hydrogen-bond donors (Lipinski definition) is 1. The van der Waals surface area contributed by atoms with Gasteiger partial charge in [0.05, 0.1) is 0 Å². The van der Waals surface area contributed by atoms with Gasteiger partial charge >= 0.3 is 0 Å². The average Bonchev–Trinajstić information content (AvgIpc) is 2.23. The van der Waals surface area contributed by atoms with Gasteiger partial charge in [-0.15, -0.1) is 0 Å². The summed E-state index contributed by atoms with van der Waals surface area (Å²) in [5, 5.41) is 0. The fourth-order valence-corrected chi connectivity index (χ4v) is 2.14. The predicted molar refractivity (Wildman–Crippen MR) is 74.9 cm³/mol. The Balaban J connectivity index is 2.85. The van der Waals surface area contributed by atoms with Crippen LogP contribution in [0.4, 0.5) is 13.2 Å². The van der Waals surface area contributed by atoms with Crippen LogP contribution in [0.5, 0.6) is 0 Å². The van der Waals surface area contributed by atoms with Crippen LogP contribution in [0.2, 0.25) is 0 Å². The van der Waals surface area contributed by atoms with Gasteiger partial charge < -0.3 is 0 Å². The zero-order valence-electron chi connectivity index (χ0n) is 11.9. The maximum atomic E-state index is 13.9. The highest BCUT2D eigenvalue weighted by Gasteiger charge is 2.26. The molecule has 1 rings (SSSR count). The predicted octanol–water partition coefficient (Wildman–Crippen LogP) is 5.03. The van der Waals surface area contributed by atoms with Crippen LogP contribution in [-0.4, -0.2) is 4.75 Å². The van der Waals surface area contributed by atoms with Gasteiger partial charge in [-0.2, -0.15) is 0 Å². The third-order valence-corrected chi connectivity index (χ3v) is 3.60. The molecule has 0 aliphatic carbocycles. The molecule has 0 saturated heterocycles. The molecule has 0 spiro atoms. The summed E-state index contributed by atoms with van der Waals surface area (Å²) in [6.07, 6.45) is 0. The molecule has 0 amide bonds. The Morgan fingerprint density at radius 2 is 1.74 bits per heavy atom. The van der Waals surface area contributed by atoms with Crippen molar-refractivity contribution in [3.05, 3.63) is 35.1 Å². The second-order valence-corrected chi connectivity index (χ2v) is 7.34. The lowest BCUT2D eigenvalue weighted by molar-refractivity contribution is 0.0171. The summed E-state index contributed by atoms with van der Waals surface area (Å²) in [5.41, 5.74) is 0.0918. The van der Waals surface area contributed by atoms with Crippen molar-refractivity contribution in [1.82, 2.24) is 4.72 Å². The van der Waals surface area contributed by atoms with E-state index in [2.05, 4.69) is 4.72 Å². The lowest BCUT2D eigenvalue weighted by Gasteiger charge is -2.22. The first-order valence-electron chi connectivity index (χ1n) is 6.12. The first-order chi connectivity index (χ1) is 8.50. The van der Waals surface area contributed by atoms with Crippen LogP contribution < -0.4 is 4.72 Å². The third kappa shape index (κ3) is 5.07. The van der Waals surface area contributed by atoms with Crippen LogP contribution in [0, 0.1) is 5.82 Å². The second kappa shape index (κ2) is 5.75. The third-order valence-electron chi connectivity index (χ3n) is 2.52. The number of nitrogens with one attached hydrogen (secondary N) is 1. The van der Waals surface area contributed by atoms with Crippen molar-refractivity contribution in [1.29, 1.82) is 0 Å². The van der Waals surface area contributed by atoms with Gasteiger partial charge in [0.25, 0.3) is 5.92 Å². The molecule has 0 saturated carbocycles. The highest BCUT2D eigenvalue weighted by Crippen LogP contribution is 2.30. The van der Waals surface area contributed by atoms with Gasteiger partial charge in [0.15, 0.2) is 0 Å². The van der Waals surface area contributed by atoms with Crippen LogP contribution in [-0.2, 0) is 5.92 Å².